The van der Waals surface area contributed by atoms with Gasteiger partial charge in [-0.05, 0) is 42.8 Å². The summed E-state index contributed by atoms with van der Waals surface area (Å²) in [5.41, 5.74) is -5.14. The Morgan fingerprint density at radius 1 is 0.952 bits per heavy atom. The SMILES string of the molecule is BC(B)(O)Oc1cc(OC(F)(F)F)ccc1Oc1ccc(C(F)(F)F)c(F)c1C(=O)Nc1cnc(C(=O)OC)cc1C. The van der Waals surface area contributed by atoms with Gasteiger partial charge in [0, 0.05) is 6.07 Å². The molecule has 1 heterocycles. The summed E-state index contributed by atoms with van der Waals surface area (Å²) in [6.07, 6.45) is -9.36. The Bertz CT molecular complexity index is 1510. The lowest BCUT2D eigenvalue weighted by Gasteiger charge is -2.24. The molecule has 0 bridgehead atoms. The number of amides is 1. The fourth-order valence-corrected chi connectivity index (χ4v) is 3.40. The van der Waals surface area contributed by atoms with E-state index in [1.807, 2.05) is 0 Å². The number of nitrogens with zero attached hydrogens (tertiary/aromatic N) is 1. The standard InChI is InChI=1S/C24H19B2F7N2O7/c1-10-7-13(21(37)39-2)34-9-14(10)35-20(36)18-16(6-4-12(19(18)27)22(28,29)30)40-15-5-3-11(41-24(31,32)33)8-17(15)42-23(25,26)38/h3-9,38H,25-26H2,1-2H3,(H,35,36). The molecule has 0 atom stereocenters. The second-order valence-electron chi connectivity index (χ2n) is 8.94. The molecule has 0 spiro atoms. The fraction of sp³-hybridized carbons (Fsp3) is 0.208. The maximum absolute atomic E-state index is 15.3. The first-order valence-electron chi connectivity index (χ1n) is 11.5. The van der Waals surface area contributed by atoms with E-state index in [1.54, 1.807) is 0 Å². The predicted molar refractivity (Wildman–Crippen MR) is 136 cm³/mol. The molecular formula is C24H19B2F7N2O7. The van der Waals surface area contributed by atoms with Crippen molar-refractivity contribution in [3.63, 3.8) is 0 Å². The molecule has 42 heavy (non-hydrogen) atoms. The van der Waals surface area contributed by atoms with E-state index in [2.05, 4.69) is 19.8 Å². The number of rotatable bonds is 8. The molecule has 0 saturated heterocycles. The van der Waals surface area contributed by atoms with E-state index in [0.29, 0.717) is 12.1 Å². The quantitative estimate of drug-likeness (QED) is 0.174. The molecule has 0 radical (unpaired) electrons. The maximum Gasteiger partial charge on any atom is 0.573 e. The lowest BCUT2D eigenvalue weighted by Crippen LogP contribution is -2.36. The van der Waals surface area contributed by atoms with E-state index in [4.69, 9.17) is 9.47 Å². The van der Waals surface area contributed by atoms with E-state index in [1.165, 1.54) is 13.0 Å². The molecule has 0 aliphatic carbocycles. The van der Waals surface area contributed by atoms with Gasteiger partial charge in [0.05, 0.1) is 24.6 Å². The van der Waals surface area contributed by atoms with Crippen LogP contribution in [-0.4, -0.2) is 56.7 Å². The largest absolute Gasteiger partial charge is 0.573 e. The third-order valence-corrected chi connectivity index (χ3v) is 5.12. The van der Waals surface area contributed by atoms with Crippen LogP contribution in [0.3, 0.4) is 0 Å². The van der Waals surface area contributed by atoms with Gasteiger partial charge in [0.1, 0.15) is 28.3 Å². The van der Waals surface area contributed by atoms with Gasteiger partial charge in [0.2, 0.25) is 0 Å². The molecule has 0 unspecified atom stereocenters. The Balaban J connectivity index is 2.10. The monoisotopic (exact) mass is 602 g/mol. The van der Waals surface area contributed by atoms with Crippen LogP contribution in [-0.2, 0) is 10.9 Å². The number of carbonyl (C=O) groups is 2. The van der Waals surface area contributed by atoms with Crippen LogP contribution in [0.25, 0.3) is 0 Å². The molecular weight excluding hydrogens is 583 g/mol. The summed E-state index contributed by atoms with van der Waals surface area (Å²) in [4.78, 5) is 28.6. The van der Waals surface area contributed by atoms with Gasteiger partial charge in [0.25, 0.3) is 5.91 Å². The first-order chi connectivity index (χ1) is 19.3. The van der Waals surface area contributed by atoms with Gasteiger partial charge in [-0.3, -0.25) is 4.79 Å². The Labute approximate surface area is 234 Å². The highest BCUT2D eigenvalue weighted by Gasteiger charge is 2.38. The normalized spacial score (nSPS) is 12.0. The number of halogens is 7. The highest BCUT2D eigenvalue weighted by atomic mass is 19.4. The molecule has 2 aromatic carbocycles. The molecule has 18 heteroatoms. The Morgan fingerprint density at radius 3 is 2.14 bits per heavy atom. The summed E-state index contributed by atoms with van der Waals surface area (Å²) in [6, 6.07) is 4.33. The number of alkyl halides is 6. The number of nitrogens with one attached hydrogen (secondary N) is 1. The molecule has 2 N–H and O–H groups in total. The minimum absolute atomic E-state index is 0.116. The highest BCUT2D eigenvalue weighted by Crippen LogP contribution is 2.41. The number of benzene rings is 2. The summed E-state index contributed by atoms with van der Waals surface area (Å²) in [6.45, 7) is 1.41. The van der Waals surface area contributed by atoms with Gasteiger partial charge < -0.3 is 29.4 Å². The zero-order chi connectivity index (χ0) is 31.6. The first kappa shape index (κ1) is 32.0. The number of hydrogen-bond donors (Lipinski definition) is 2. The molecule has 0 saturated carbocycles. The first-order valence-corrected chi connectivity index (χ1v) is 11.5. The molecule has 9 nitrogen and oxygen atoms in total. The second-order valence-corrected chi connectivity index (χ2v) is 8.94. The van der Waals surface area contributed by atoms with E-state index in [9.17, 15) is 41.0 Å². The summed E-state index contributed by atoms with van der Waals surface area (Å²) in [5.74, 6) is -7.03. The van der Waals surface area contributed by atoms with Crippen molar-refractivity contribution < 1.29 is 64.4 Å². The van der Waals surface area contributed by atoms with Crippen LogP contribution >= 0.6 is 0 Å². The molecule has 3 rings (SSSR count). The number of hydrogen-bond acceptors (Lipinski definition) is 8. The summed E-state index contributed by atoms with van der Waals surface area (Å²) < 4.78 is 113. The van der Waals surface area contributed by atoms with Crippen LogP contribution in [0.5, 0.6) is 23.0 Å². The molecule has 3 aromatic rings. The summed E-state index contributed by atoms with van der Waals surface area (Å²) in [7, 11) is 3.31. The molecule has 1 aromatic heterocycles. The van der Waals surface area contributed by atoms with Crippen molar-refractivity contribution in [1.29, 1.82) is 0 Å². The summed E-state index contributed by atoms with van der Waals surface area (Å²) >= 11 is 0. The van der Waals surface area contributed by atoms with E-state index in [0.717, 1.165) is 41.1 Å². The highest BCUT2D eigenvalue weighted by molar-refractivity contribution is 6.37. The van der Waals surface area contributed by atoms with Crippen molar-refractivity contribution in [2.45, 2.75) is 25.0 Å². The van der Waals surface area contributed by atoms with Crippen LogP contribution < -0.4 is 19.5 Å². The number of aliphatic hydroxyl groups is 1. The Kier molecular flexibility index (Phi) is 9.00. The molecule has 1 amide bonds. The lowest BCUT2D eigenvalue weighted by atomic mass is 9.76. The van der Waals surface area contributed by atoms with Crippen molar-refractivity contribution in [1.82, 2.24) is 4.98 Å². The van der Waals surface area contributed by atoms with Gasteiger partial charge in [-0.25, -0.2) is 14.2 Å². The van der Waals surface area contributed by atoms with Crippen LogP contribution in [0.1, 0.15) is 32.0 Å². The van der Waals surface area contributed by atoms with Crippen LogP contribution in [0.4, 0.5) is 36.4 Å². The number of methoxy groups -OCH3 is 1. The van der Waals surface area contributed by atoms with Crippen LogP contribution in [0, 0.1) is 12.7 Å². The smallest absolute Gasteiger partial charge is 0.476 e. The predicted octanol–water partition coefficient (Wildman–Crippen LogP) is 3.53. The average Bonchev–Trinajstić information content (AvgIpc) is 2.83. The van der Waals surface area contributed by atoms with Gasteiger partial charge in [-0.1, -0.05) is 0 Å². The van der Waals surface area contributed by atoms with Gasteiger partial charge in [-0.15, -0.1) is 13.2 Å². The average molecular weight is 602 g/mol. The van der Waals surface area contributed by atoms with Crippen molar-refractivity contribution in [2.75, 3.05) is 12.4 Å². The van der Waals surface area contributed by atoms with Crippen molar-refractivity contribution in [2.24, 2.45) is 0 Å². The summed E-state index contributed by atoms with van der Waals surface area (Å²) in [5, 5.41) is 12.2. The minimum Gasteiger partial charge on any atom is -0.476 e. The van der Waals surface area contributed by atoms with Gasteiger partial charge in [-0.2, -0.15) is 13.2 Å². The molecule has 222 valence electrons. The van der Waals surface area contributed by atoms with Crippen LogP contribution in [0.15, 0.2) is 42.6 Å². The minimum atomic E-state index is -5.23. The molecule has 0 aliphatic rings. The number of carbonyl (C=O) groups excluding carboxylic acids is 2. The van der Waals surface area contributed by atoms with Crippen LogP contribution in [0.2, 0.25) is 0 Å². The van der Waals surface area contributed by atoms with Gasteiger partial charge in [0.15, 0.2) is 33.0 Å². The number of esters is 1. The molecule has 0 fully saturated rings. The van der Waals surface area contributed by atoms with Crippen molar-refractivity contribution in [3.8, 4) is 23.0 Å². The van der Waals surface area contributed by atoms with Crippen molar-refractivity contribution in [3.05, 3.63) is 70.8 Å². The Hall–Kier alpha value is -4.47. The van der Waals surface area contributed by atoms with E-state index in [-0.39, 0.29) is 23.0 Å². The fourth-order valence-electron chi connectivity index (χ4n) is 3.40. The van der Waals surface area contributed by atoms with Gasteiger partial charge >= 0.3 is 18.5 Å². The number of anilines is 1. The zero-order valence-electron chi connectivity index (χ0n) is 22.0. The van der Waals surface area contributed by atoms with E-state index < -0.39 is 69.9 Å². The number of aryl methyl sites for hydroxylation is 1. The van der Waals surface area contributed by atoms with E-state index >= 15 is 4.39 Å². The molecule has 0 aliphatic heterocycles. The lowest BCUT2D eigenvalue weighted by molar-refractivity contribution is -0.274. The third kappa shape index (κ3) is 8.05. The Morgan fingerprint density at radius 2 is 1.60 bits per heavy atom. The number of pyridine rings is 1. The number of aromatic nitrogens is 1. The third-order valence-electron chi connectivity index (χ3n) is 5.12. The number of ether oxygens (including phenoxy) is 4. The zero-order valence-corrected chi connectivity index (χ0v) is 22.0. The second kappa shape index (κ2) is 11.8. The van der Waals surface area contributed by atoms with Crippen molar-refractivity contribution >= 4 is 33.3 Å². The topological polar surface area (TPSA) is 116 Å². The maximum atomic E-state index is 15.3.